The highest BCUT2D eigenvalue weighted by Gasteiger charge is 2.22. The molecule has 2 aromatic rings. The quantitative estimate of drug-likeness (QED) is 0.852. The second-order valence-electron chi connectivity index (χ2n) is 5.31. The lowest BCUT2D eigenvalue weighted by atomic mass is 9.94. The van der Waals surface area contributed by atoms with Gasteiger partial charge in [0, 0.05) is 5.56 Å². The minimum atomic E-state index is -0.515. The predicted molar refractivity (Wildman–Crippen MR) is 82.4 cm³/mol. The highest BCUT2D eigenvalue weighted by Crippen LogP contribution is 2.29. The van der Waals surface area contributed by atoms with E-state index in [1.807, 2.05) is 24.3 Å². The van der Waals surface area contributed by atoms with E-state index in [1.165, 1.54) is 17.7 Å². The van der Waals surface area contributed by atoms with Gasteiger partial charge in [-0.3, -0.25) is 0 Å². The molecule has 1 atom stereocenters. The minimum absolute atomic E-state index is 0.0890. The molecule has 2 aromatic carbocycles. The van der Waals surface area contributed by atoms with E-state index in [2.05, 4.69) is 12.2 Å². The SMILES string of the molecule is CCCc1cccc(C(NC)c2c(F)ccc(C)c2F)c1. The Morgan fingerprint density at radius 1 is 1.14 bits per heavy atom. The zero-order valence-corrected chi connectivity index (χ0v) is 12.7. The standard InChI is InChI=1S/C18H21F2N/c1-4-6-13-7-5-8-14(11-13)18(21-3)16-15(19)10-9-12(2)17(16)20/h5,7-11,18,21H,4,6H2,1-3H3. The monoisotopic (exact) mass is 289 g/mol. The lowest BCUT2D eigenvalue weighted by Gasteiger charge is -2.20. The minimum Gasteiger partial charge on any atom is -0.309 e. The van der Waals surface area contributed by atoms with Crippen molar-refractivity contribution in [3.05, 3.63) is 70.3 Å². The van der Waals surface area contributed by atoms with Crippen molar-refractivity contribution >= 4 is 0 Å². The molecule has 0 bridgehead atoms. The van der Waals surface area contributed by atoms with Crippen LogP contribution in [0.15, 0.2) is 36.4 Å². The summed E-state index contributed by atoms with van der Waals surface area (Å²) in [6.07, 6.45) is 2.00. The van der Waals surface area contributed by atoms with Crippen LogP contribution in [0.2, 0.25) is 0 Å². The summed E-state index contributed by atoms with van der Waals surface area (Å²) < 4.78 is 28.5. The van der Waals surface area contributed by atoms with E-state index in [0.717, 1.165) is 18.4 Å². The Labute approximate surface area is 125 Å². The van der Waals surface area contributed by atoms with Crippen molar-refractivity contribution in [3.8, 4) is 0 Å². The molecule has 0 radical (unpaired) electrons. The molecule has 112 valence electrons. The number of hydrogen-bond donors (Lipinski definition) is 1. The zero-order chi connectivity index (χ0) is 15.4. The van der Waals surface area contributed by atoms with Crippen LogP contribution in [0.3, 0.4) is 0 Å². The van der Waals surface area contributed by atoms with Crippen LogP contribution in [-0.2, 0) is 6.42 Å². The maximum Gasteiger partial charge on any atom is 0.134 e. The van der Waals surface area contributed by atoms with E-state index in [0.29, 0.717) is 5.56 Å². The molecule has 0 aliphatic rings. The van der Waals surface area contributed by atoms with Gasteiger partial charge in [-0.25, -0.2) is 8.78 Å². The molecule has 0 aliphatic carbocycles. The molecular weight excluding hydrogens is 268 g/mol. The third kappa shape index (κ3) is 3.30. The third-order valence-electron chi connectivity index (χ3n) is 3.72. The van der Waals surface area contributed by atoms with E-state index >= 15 is 0 Å². The summed E-state index contributed by atoms with van der Waals surface area (Å²) in [4.78, 5) is 0. The second-order valence-corrected chi connectivity index (χ2v) is 5.31. The number of nitrogens with one attached hydrogen (secondary N) is 1. The summed E-state index contributed by atoms with van der Waals surface area (Å²) in [5.74, 6) is -0.992. The van der Waals surface area contributed by atoms with Gasteiger partial charge in [0.15, 0.2) is 0 Å². The van der Waals surface area contributed by atoms with Crippen LogP contribution >= 0.6 is 0 Å². The summed E-state index contributed by atoms with van der Waals surface area (Å²) in [6, 6.07) is 10.2. The molecule has 21 heavy (non-hydrogen) atoms. The largest absolute Gasteiger partial charge is 0.309 e. The Morgan fingerprint density at radius 2 is 1.90 bits per heavy atom. The van der Waals surface area contributed by atoms with Crippen molar-refractivity contribution in [2.45, 2.75) is 32.7 Å². The molecule has 0 fully saturated rings. The van der Waals surface area contributed by atoms with Crippen molar-refractivity contribution < 1.29 is 8.78 Å². The average Bonchev–Trinajstić information content (AvgIpc) is 2.48. The van der Waals surface area contributed by atoms with E-state index in [1.54, 1.807) is 14.0 Å². The molecule has 0 saturated carbocycles. The highest BCUT2D eigenvalue weighted by molar-refractivity contribution is 5.38. The first-order valence-corrected chi connectivity index (χ1v) is 7.29. The van der Waals surface area contributed by atoms with Gasteiger partial charge < -0.3 is 5.32 Å². The van der Waals surface area contributed by atoms with Crippen molar-refractivity contribution in [1.82, 2.24) is 5.32 Å². The van der Waals surface area contributed by atoms with Crippen LogP contribution in [0, 0.1) is 18.6 Å². The van der Waals surface area contributed by atoms with Crippen LogP contribution < -0.4 is 5.32 Å². The molecule has 0 amide bonds. The fourth-order valence-electron chi connectivity index (χ4n) is 2.64. The van der Waals surface area contributed by atoms with Gasteiger partial charge in [0.2, 0.25) is 0 Å². The molecule has 0 spiro atoms. The summed E-state index contributed by atoms with van der Waals surface area (Å²) in [7, 11) is 1.72. The second kappa shape index (κ2) is 6.81. The Hall–Kier alpha value is -1.74. The number of rotatable bonds is 5. The van der Waals surface area contributed by atoms with Gasteiger partial charge in [-0.2, -0.15) is 0 Å². The molecule has 2 rings (SSSR count). The van der Waals surface area contributed by atoms with E-state index in [4.69, 9.17) is 0 Å². The summed E-state index contributed by atoms with van der Waals surface area (Å²) in [6.45, 7) is 3.76. The fraction of sp³-hybridized carbons (Fsp3) is 0.333. The molecule has 0 heterocycles. The molecule has 0 aliphatic heterocycles. The lowest BCUT2D eigenvalue weighted by molar-refractivity contribution is 0.517. The molecule has 1 nitrogen and oxygen atoms in total. The normalized spacial score (nSPS) is 12.4. The number of halogens is 2. The predicted octanol–water partition coefficient (Wildman–Crippen LogP) is 4.53. The van der Waals surface area contributed by atoms with Gasteiger partial charge in [-0.1, -0.05) is 43.7 Å². The first-order valence-electron chi connectivity index (χ1n) is 7.29. The van der Waals surface area contributed by atoms with Crippen LogP contribution in [0.5, 0.6) is 0 Å². The molecule has 1 unspecified atom stereocenters. The van der Waals surface area contributed by atoms with Gasteiger partial charge in [-0.15, -0.1) is 0 Å². The topological polar surface area (TPSA) is 12.0 Å². The zero-order valence-electron chi connectivity index (χ0n) is 12.7. The number of hydrogen-bond acceptors (Lipinski definition) is 1. The van der Waals surface area contributed by atoms with Gasteiger partial charge in [0.25, 0.3) is 0 Å². The van der Waals surface area contributed by atoms with Crippen molar-refractivity contribution in [3.63, 3.8) is 0 Å². The fourth-order valence-corrected chi connectivity index (χ4v) is 2.64. The van der Waals surface area contributed by atoms with Gasteiger partial charge in [-0.05, 0) is 43.1 Å². The van der Waals surface area contributed by atoms with Crippen LogP contribution in [0.4, 0.5) is 8.78 Å². The molecule has 1 N–H and O–H groups in total. The molecule has 0 aromatic heterocycles. The van der Waals surface area contributed by atoms with Crippen LogP contribution in [0.1, 0.15) is 41.6 Å². The Kier molecular flexibility index (Phi) is 5.07. The maximum absolute atomic E-state index is 14.4. The third-order valence-corrected chi connectivity index (χ3v) is 3.72. The average molecular weight is 289 g/mol. The number of aryl methyl sites for hydroxylation is 2. The van der Waals surface area contributed by atoms with Gasteiger partial charge in [0.05, 0.1) is 6.04 Å². The summed E-state index contributed by atoms with van der Waals surface area (Å²) in [5, 5.41) is 3.03. The maximum atomic E-state index is 14.4. The Bertz CT molecular complexity index is 623. The first kappa shape index (κ1) is 15.6. The van der Waals surface area contributed by atoms with Crippen LogP contribution in [0.25, 0.3) is 0 Å². The Balaban J connectivity index is 2.50. The first-order chi connectivity index (χ1) is 10.1. The van der Waals surface area contributed by atoms with Crippen LogP contribution in [-0.4, -0.2) is 7.05 Å². The van der Waals surface area contributed by atoms with E-state index in [9.17, 15) is 8.78 Å². The van der Waals surface area contributed by atoms with E-state index < -0.39 is 17.7 Å². The number of benzene rings is 2. The van der Waals surface area contributed by atoms with E-state index in [-0.39, 0.29) is 5.56 Å². The Morgan fingerprint density at radius 3 is 2.57 bits per heavy atom. The molecule has 0 saturated heterocycles. The highest BCUT2D eigenvalue weighted by atomic mass is 19.1. The summed E-state index contributed by atoms with van der Waals surface area (Å²) in [5.41, 5.74) is 2.61. The summed E-state index contributed by atoms with van der Waals surface area (Å²) >= 11 is 0. The molecule has 3 heteroatoms. The van der Waals surface area contributed by atoms with Crippen molar-refractivity contribution in [1.29, 1.82) is 0 Å². The lowest BCUT2D eigenvalue weighted by Crippen LogP contribution is -2.21. The molecular formula is C18H21F2N. The van der Waals surface area contributed by atoms with Crippen molar-refractivity contribution in [2.75, 3.05) is 7.05 Å². The smallest absolute Gasteiger partial charge is 0.134 e. The van der Waals surface area contributed by atoms with Gasteiger partial charge in [0.1, 0.15) is 11.6 Å². The van der Waals surface area contributed by atoms with Crippen molar-refractivity contribution in [2.24, 2.45) is 0 Å². The van der Waals surface area contributed by atoms with Gasteiger partial charge >= 0.3 is 0 Å².